The van der Waals surface area contributed by atoms with E-state index in [1.54, 1.807) is 16.8 Å². The Morgan fingerprint density at radius 3 is 2.48 bits per heavy atom. The van der Waals surface area contributed by atoms with Crippen LogP contribution in [0.2, 0.25) is 5.02 Å². The summed E-state index contributed by atoms with van der Waals surface area (Å²) in [4.78, 5) is 13.0. The van der Waals surface area contributed by atoms with Crippen LogP contribution in [-0.2, 0) is 13.5 Å². The van der Waals surface area contributed by atoms with Gasteiger partial charge in [-0.25, -0.2) is 4.68 Å². The lowest BCUT2D eigenvalue weighted by atomic mass is 10.1. The average molecular weight is 405 g/mol. The average Bonchev–Trinajstić information content (AvgIpc) is 3.35. The molecule has 2 heterocycles. The minimum Gasteiger partial charge on any atom is -0.350 e. The molecule has 1 amide bonds. The molecule has 146 valence electrons. The van der Waals surface area contributed by atoms with E-state index in [0.29, 0.717) is 17.3 Å². The Hall–Kier alpha value is -3.31. The molecule has 0 unspecified atom stereocenters. The largest absolute Gasteiger partial charge is 0.350 e. The number of rotatable bonds is 6. The normalized spacial score (nSPS) is 10.8. The van der Waals surface area contributed by atoms with Crippen LogP contribution >= 0.6 is 11.6 Å². The summed E-state index contributed by atoms with van der Waals surface area (Å²) in [7, 11) is 1.95. The molecule has 0 saturated heterocycles. The van der Waals surface area contributed by atoms with E-state index < -0.39 is 0 Å². The molecule has 0 fully saturated rings. The quantitative estimate of drug-likeness (QED) is 0.514. The van der Waals surface area contributed by atoms with Gasteiger partial charge in [0, 0.05) is 24.8 Å². The van der Waals surface area contributed by atoms with Crippen LogP contribution in [0.25, 0.3) is 17.1 Å². The van der Waals surface area contributed by atoms with Crippen molar-refractivity contribution in [3.8, 4) is 17.1 Å². The summed E-state index contributed by atoms with van der Waals surface area (Å²) in [6.45, 7) is 0.550. The van der Waals surface area contributed by atoms with Crippen molar-refractivity contribution < 1.29 is 4.79 Å². The molecule has 5 nitrogen and oxygen atoms in total. The number of halogens is 1. The van der Waals surface area contributed by atoms with Gasteiger partial charge < -0.3 is 9.88 Å². The smallest absolute Gasteiger partial charge is 0.270 e. The maximum Gasteiger partial charge on any atom is 0.270 e. The molecular weight excluding hydrogens is 384 g/mol. The Morgan fingerprint density at radius 1 is 1.03 bits per heavy atom. The zero-order chi connectivity index (χ0) is 20.2. The molecule has 2 aromatic carbocycles. The third kappa shape index (κ3) is 4.25. The van der Waals surface area contributed by atoms with Gasteiger partial charge in [0.1, 0.15) is 11.4 Å². The van der Waals surface area contributed by atoms with Crippen molar-refractivity contribution in [3.63, 3.8) is 0 Å². The van der Waals surface area contributed by atoms with Crippen molar-refractivity contribution in [2.24, 2.45) is 7.05 Å². The van der Waals surface area contributed by atoms with Crippen LogP contribution in [0.15, 0.2) is 79.0 Å². The molecule has 0 spiro atoms. The zero-order valence-corrected chi connectivity index (χ0v) is 16.8. The van der Waals surface area contributed by atoms with Crippen LogP contribution in [0, 0.1) is 0 Å². The number of carbonyl (C=O) groups excluding carboxylic acids is 1. The Balaban J connectivity index is 1.61. The SMILES string of the molecule is Cn1cccc1-c1cc(C(=O)NCCc2ccccc2)n(-c2ccc(Cl)cc2)n1. The van der Waals surface area contributed by atoms with Gasteiger partial charge in [0.05, 0.1) is 11.4 Å². The van der Waals surface area contributed by atoms with Crippen LogP contribution < -0.4 is 5.32 Å². The second-order valence-corrected chi connectivity index (χ2v) is 7.24. The van der Waals surface area contributed by atoms with Gasteiger partial charge in [0.15, 0.2) is 0 Å². The van der Waals surface area contributed by atoms with E-state index in [4.69, 9.17) is 16.7 Å². The van der Waals surface area contributed by atoms with Crippen molar-refractivity contribution in [2.45, 2.75) is 6.42 Å². The van der Waals surface area contributed by atoms with E-state index in [9.17, 15) is 4.79 Å². The van der Waals surface area contributed by atoms with Gasteiger partial charge >= 0.3 is 0 Å². The first kappa shape index (κ1) is 19.0. The fraction of sp³-hybridized carbons (Fsp3) is 0.130. The monoisotopic (exact) mass is 404 g/mol. The molecule has 0 aliphatic carbocycles. The molecule has 4 aromatic rings. The summed E-state index contributed by atoms with van der Waals surface area (Å²) in [6, 6.07) is 23.1. The maximum absolute atomic E-state index is 13.0. The number of nitrogens with zero attached hydrogens (tertiary/aromatic N) is 3. The van der Waals surface area contributed by atoms with Crippen molar-refractivity contribution in [1.29, 1.82) is 0 Å². The summed E-state index contributed by atoms with van der Waals surface area (Å²) >= 11 is 6.02. The number of hydrogen-bond acceptors (Lipinski definition) is 2. The lowest BCUT2D eigenvalue weighted by molar-refractivity contribution is 0.0946. The molecule has 4 rings (SSSR count). The van der Waals surface area contributed by atoms with Gasteiger partial charge in [0.2, 0.25) is 0 Å². The number of carbonyl (C=O) groups is 1. The zero-order valence-electron chi connectivity index (χ0n) is 16.0. The molecule has 0 aliphatic rings. The topological polar surface area (TPSA) is 51.9 Å². The van der Waals surface area contributed by atoms with Crippen molar-refractivity contribution >= 4 is 17.5 Å². The summed E-state index contributed by atoms with van der Waals surface area (Å²) < 4.78 is 3.64. The van der Waals surface area contributed by atoms with Crippen LogP contribution in [-0.4, -0.2) is 26.8 Å². The molecule has 0 atom stereocenters. The molecule has 2 aromatic heterocycles. The van der Waals surface area contributed by atoms with Crippen LogP contribution in [0.3, 0.4) is 0 Å². The first-order valence-corrected chi connectivity index (χ1v) is 9.79. The van der Waals surface area contributed by atoms with Crippen molar-refractivity contribution in [2.75, 3.05) is 6.54 Å². The van der Waals surface area contributed by atoms with Gasteiger partial charge in [-0.1, -0.05) is 41.9 Å². The number of nitrogens with one attached hydrogen (secondary N) is 1. The van der Waals surface area contributed by atoms with E-state index in [1.807, 2.05) is 66.3 Å². The highest BCUT2D eigenvalue weighted by Gasteiger charge is 2.18. The third-order valence-corrected chi connectivity index (χ3v) is 5.01. The third-order valence-electron chi connectivity index (χ3n) is 4.76. The van der Waals surface area contributed by atoms with E-state index in [1.165, 1.54) is 5.56 Å². The lowest BCUT2D eigenvalue weighted by Gasteiger charge is -2.08. The number of aromatic nitrogens is 3. The first-order chi connectivity index (χ1) is 14.1. The summed E-state index contributed by atoms with van der Waals surface area (Å²) in [5.74, 6) is -0.163. The number of aryl methyl sites for hydroxylation is 1. The molecule has 29 heavy (non-hydrogen) atoms. The Labute approximate surface area is 174 Å². The Kier molecular flexibility index (Phi) is 5.49. The van der Waals surface area contributed by atoms with Gasteiger partial charge in [-0.15, -0.1) is 0 Å². The minimum atomic E-state index is -0.163. The number of hydrogen-bond donors (Lipinski definition) is 1. The molecular formula is C23H21ClN4O. The predicted molar refractivity (Wildman–Crippen MR) is 115 cm³/mol. The van der Waals surface area contributed by atoms with Gasteiger partial charge in [0.25, 0.3) is 5.91 Å². The van der Waals surface area contributed by atoms with Crippen molar-refractivity contribution in [1.82, 2.24) is 19.7 Å². The van der Waals surface area contributed by atoms with Gasteiger partial charge in [-0.3, -0.25) is 4.79 Å². The highest BCUT2D eigenvalue weighted by atomic mass is 35.5. The Morgan fingerprint density at radius 2 is 1.79 bits per heavy atom. The second-order valence-electron chi connectivity index (χ2n) is 6.80. The van der Waals surface area contributed by atoms with Gasteiger partial charge in [-0.05, 0) is 54.4 Å². The molecule has 0 saturated carbocycles. The first-order valence-electron chi connectivity index (χ1n) is 9.41. The summed E-state index contributed by atoms with van der Waals surface area (Å²) in [5.41, 5.74) is 4.12. The molecule has 0 bridgehead atoms. The van der Waals surface area contributed by atoms with E-state index in [0.717, 1.165) is 23.5 Å². The summed E-state index contributed by atoms with van der Waals surface area (Å²) in [5, 5.41) is 8.34. The van der Waals surface area contributed by atoms with E-state index >= 15 is 0 Å². The van der Waals surface area contributed by atoms with Crippen molar-refractivity contribution in [3.05, 3.63) is 95.3 Å². The fourth-order valence-electron chi connectivity index (χ4n) is 3.23. The van der Waals surface area contributed by atoms with Crippen LogP contribution in [0.1, 0.15) is 16.1 Å². The van der Waals surface area contributed by atoms with Gasteiger partial charge in [-0.2, -0.15) is 5.10 Å². The highest BCUT2D eigenvalue weighted by Crippen LogP contribution is 2.23. The number of amides is 1. The minimum absolute atomic E-state index is 0.163. The predicted octanol–water partition coefficient (Wildman–Crippen LogP) is 4.50. The second kappa shape index (κ2) is 8.37. The number of benzene rings is 2. The molecule has 6 heteroatoms. The molecule has 0 radical (unpaired) electrons. The molecule has 0 aliphatic heterocycles. The fourth-order valence-corrected chi connectivity index (χ4v) is 3.36. The summed E-state index contributed by atoms with van der Waals surface area (Å²) in [6.07, 6.45) is 2.72. The lowest BCUT2D eigenvalue weighted by Crippen LogP contribution is -2.27. The van der Waals surface area contributed by atoms with Crippen LogP contribution in [0.4, 0.5) is 0 Å². The van der Waals surface area contributed by atoms with E-state index in [2.05, 4.69) is 17.4 Å². The Bertz CT molecular complexity index is 1110. The standard InChI is InChI=1S/C23H21ClN4O/c1-27-15-5-8-21(27)20-16-22(28(26-20)19-11-9-18(24)10-12-19)23(29)25-14-13-17-6-3-2-4-7-17/h2-12,15-16H,13-14H2,1H3,(H,25,29). The van der Waals surface area contributed by atoms with E-state index in [-0.39, 0.29) is 5.91 Å². The molecule has 1 N–H and O–H groups in total. The van der Waals surface area contributed by atoms with Crippen LogP contribution in [0.5, 0.6) is 0 Å². The maximum atomic E-state index is 13.0. The highest BCUT2D eigenvalue weighted by molar-refractivity contribution is 6.30.